The third-order valence-corrected chi connectivity index (χ3v) is 3.05. The molecule has 1 rings (SSSR count). The van der Waals surface area contributed by atoms with E-state index in [-0.39, 0.29) is 11.7 Å². The Morgan fingerprint density at radius 2 is 1.90 bits per heavy atom. The normalized spacial score (nSPS) is 12.3. The molecule has 0 saturated carbocycles. The number of hydrogen-bond donors (Lipinski definition) is 0. The van der Waals surface area contributed by atoms with Crippen LogP contribution in [0.2, 0.25) is 0 Å². The molecular weight excluding hydrogens is 280 g/mol. The zero-order chi connectivity index (χ0) is 15.3. The molecule has 0 N–H and O–H groups in total. The van der Waals surface area contributed by atoms with Crippen molar-refractivity contribution in [3.63, 3.8) is 0 Å². The quantitative estimate of drug-likeness (QED) is 0.458. The number of allylic oxidation sites excluding steroid dienone is 1. The Balaban J connectivity index is 3.25. The molecule has 0 aliphatic heterocycles. The van der Waals surface area contributed by atoms with E-state index in [1.165, 1.54) is 13.2 Å². The second-order valence-corrected chi connectivity index (χ2v) is 6.19. The molecule has 5 nitrogen and oxygen atoms in total. The van der Waals surface area contributed by atoms with Crippen molar-refractivity contribution in [1.82, 2.24) is 0 Å². The van der Waals surface area contributed by atoms with Crippen molar-refractivity contribution in [3.05, 3.63) is 29.3 Å². The Kier molecular flexibility index (Phi) is 5.33. The summed E-state index contributed by atoms with van der Waals surface area (Å²) in [7, 11) is -2.23. The van der Waals surface area contributed by atoms with Gasteiger partial charge in [-0.15, -0.1) is 0 Å². The molecular formula is C14H18O5S. The fourth-order valence-corrected chi connectivity index (χ4v) is 2.00. The van der Waals surface area contributed by atoms with E-state index < -0.39 is 10.1 Å². The number of rotatable bonds is 6. The van der Waals surface area contributed by atoms with Crippen molar-refractivity contribution in [3.8, 4) is 11.5 Å². The van der Waals surface area contributed by atoms with Gasteiger partial charge in [-0.05, 0) is 35.3 Å². The first kappa shape index (κ1) is 16.2. The van der Waals surface area contributed by atoms with Gasteiger partial charge in [0.05, 0.1) is 13.4 Å². The van der Waals surface area contributed by atoms with Crippen LogP contribution in [0.25, 0.3) is 6.08 Å². The largest absolute Gasteiger partial charge is 0.493 e. The van der Waals surface area contributed by atoms with Crippen LogP contribution < -0.4 is 8.92 Å². The highest BCUT2D eigenvalue weighted by Crippen LogP contribution is 2.30. The van der Waals surface area contributed by atoms with Crippen LogP contribution in [0.15, 0.2) is 23.8 Å². The smallest absolute Gasteiger partial charge is 0.306 e. The predicted octanol–water partition coefficient (Wildman–Crippen LogP) is 2.27. The van der Waals surface area contributed by atoms with Crippen LogP contribution in [0.4, 0.5) is 0 Å². The van der Waals surface area contributed by atoms with E-state index in [1.54, 1.807) is 18.2 Å². The molecule has 0 saturated heterocycles. The maximum Gasteiger partial charge on any atom is 0.306 e. The average molecular weight is 298 g/mol. The van der Waals surface area contributed by atoms with Crippen LogP contribution >= 0.6 is 0 Å². The summed E-state index contributed by atoms with van der Waals surface area (Å²) in [5.41, 5.74) is 1.28. The first-order valence-electron chi connectivity index (χ1n) is 6.01. The summed E-state index contributed by atoms with van der Waals surface area (Å²) < 4.78 is 32.3. The van der Waals surface area contributed by atoms with Crippen LogP contribution in [-0.2, 0) is 14.9 Å². The van der Waals surface area contributed by atoms with E-state index in [0.717, 1.165) is 12.5 Å². The highest BCUT2D eigenvalue weighted by Gasteiger charge is 2.11. The van der Waals surface area contributed by atoms with Gasteiger partial charge in [0, 0.05) is 0 Å². The number of methoxy groups -OCH3 is 1. The Morgan fingerprint density at radius 1 is 1.25 bits per heavy atom. The minimum absolute atomic E-state index is 0.0777. The van der Waals surface area contributed by atoms with Crippen molar-refractivity contribution in [2.45, 2.75) is 13.8 Å². The molecule has 0 atom stereocenters. The summed E-state index contributed by atoms with van der Waals surface area (Å²) >= 11 is 0. The van der Waals surface area contributed by atoms with Crippen LogP contribution in [0.3, 0.4) is 0 Å². The zero-order valence-corrected chi connectivity index (χ0v) is 12.7. The zero-order valence-electron chi connectivity index (χ0n) is 11.9. The minimum atomic E-state index is -3.65. The van der Waals surface area contributed by atoms with Gasteiger partial charge in [0.15, 0.2) is 11.5 Å². The minimum Gasteiger partial charge on any atom is -0.493 e. The van der Waals surface area contributed by atoms with Gasteiger partial charge in [0.25, 0.3) is 0 Å². The number of aldehydes is 1. The molecule has 110 valence electrons. The molecule has 0 amide bonds. The van der Waals surface area contributed by atoms with Crippen LogP contribution in [0.5, 0.6) is 11.5 Å². The summed E-state index contributed by atoms with van der Waals surface area (Å²) in [6.45, 7) is 3.80. The molecule has 0 bridgehead atoms. The third kappa shape index (κ3) is 4.70. The molecule has 0 heterocycles. The van der Waals surface area contributed by atoms with E-state index in [0.29, 0.717) is 16.9 Å². The average Bonchev–Trinajstić information content (AvgIpc) is 2.34. The van der Waals surface area contributed by atoms with Gasteiger partial charge >= 0.3 is 10.1 Å². The Morgan fingerprint density at radius 3 is 2.35 bits per heavy atom. The lowest BCUT2D eigenvalue weighted by molar-refractivity contribution is -0.105. The molecule has 0 aromatic heterocycles. The van der Waals surface area contributed by atoms with Crippen molar-refractivity contribution < 1.29 is 22.1 Å². The first-order chi connectivity index (χ1) is 9.26. The van der Waals surface area contributed by atoms with Crippen molar-refractivity contribution in [2.24, 2.45) is 5.92 Å². The lowest BCUT2D eigenvalue weighted by Crippen LogP contribution is -2.07. The number of carbonyl (C=O) groups excluding carboxylic acids is 1. The monoisotopic (exact) mass is 298 g/mol. The maximum atomic E-state index is 11.2. The van der Waals surface area contributed by atoms with Gasteiger partial charge in [-0.1, -0.05) is 19.9 Å². The molecule has 0 radical (unpaired) electrons. The highest BCUT2D eigenvalue weighted by atomic mass is 32.2. The van der Waals surface area contributed by atoms with Gasteiger partial charge < -0.3 is 8.92 Å². The summed E-state index contributed by atoms with van der Waals surface area (Å²) in [6.07, 6.45) is 3.43. The second kappa shape index (κ2) is 6.56. The molecule has 0 fully saturated rings. The van der Waals surface area contributed by atoms with Crippen molar-refractivity contribution in [1.29, 1.82) is 0 Å². The van der Waals surface area contributed by atoms with E-state index in [4.69, 9.17) is 8.92 Å². The van der Waals surface area contributed by atoms with Crippen molar-refractivity contribution >= 4 is 22.5 Å². The standard InChI is InChI=1S/C14H18O5S/c1-10(2)12(9-15)7-11-5-6-13(18-3)14(8-11)19-20(4,16)17/h5-10H,1-4H3/b12-7-. The summed E-state index contributed by atoms with van der Waals surface area (Å²) in [5.74, 6) is 0.483. The van der Waals surface area contributed by atoms with Crippen LogP contribution in [-0.4, -0.2) is 28.1 Å². The number of hydrogen-bond acceptors (Lipinski definition) is 5. The fraction of sp³-hybridized carbons (Fsp3) is 0.357. The van der Waals surface area contributed by atoms with Gasteiger partial charge in [0.1, 0.15) is 6.29 Å². The molecule has 0 aliphatic rings. The molecule has 0 spiro atoms. The van der Waals surface area contributed by atoms with Crippen LogP contribution in [0.1, 0.15) is 19.4 Å². The Hall–Kier alpha value is -1.82. The third-order valence-electron chi connectivity index (χ3n) is 2.56. The van der Waals surface area contributed by atoms with Gasteiger partial charge in [-0.3, -0.25) is 4.79 Å². The summed E-state index contributed by atoms with van der Waals surface area (Å²) in [4.78, 5) is 11.0. The molecule has 1 aromatic rings. The Labute approximate surface area is 119 Å². The van der Waals surface area contributed by atoms with Crippen molar-refractivity contribution in [2.75, 3.05) is 13.4 Å². The second-order valence-electron chi connectivity index (χ2n) is 4.61. The van der Waals surface area contributed by atoms with E-state index in [9.17, 15) is 13.2 Å². The molecule has 20 heavy (non-hydrogen) atoms. The molecule has 0 aliphatic carbocycles. The number of carbonyl (C=O) groups is 1. The summed E-state index contributed by atoms with van der Waals surface area (Å²) in [6, 6.07) is 4.83. The SMILES string of the molecule is COc1ccc(/C=C(/C=O)C(C)C)cc1OS(C)(=O)=O. The van der Waals surface area contributed by atoms with Gasteiger partial charge in [-0.2, -0.15) is 8.42 Å². The maximum absolute atomic E-state index is 11.2. The van der Waals surface area contributed by atoms with E-state index in [1.807, 2.05) is 13.8 Å². The molecule has 0 unspecified atom stereocenters. The number of ether oxygens (including phenoxy) is 1. The topological polar surface area (TPSA) is 69.7 Å². The molecule has 6 heteroatoms. The lowest BCUT2D eigenvalue weighted by Gasteiger charge is -2.10. The summed E-state index contributed by atoms with van der Waals surface area (Å²) in [5, 5.41) is 0. The fourth-order valence-electron chi connectivity index (χ4n) is 1.54. The van der Waals surface area contributed by atoms with E-state index >= 15 is 0 Å². The van der Waals surface area contributed by atoms with E-state index in [2.05, 4.69) is 0 Å². The van der Waals surface area contributed by atoms with Gasteiger partial charge in [-0.25, -0.2) is 0 Å². The Bertz CT molecular complexity index is 614. The number of benzene rings is 1. The lowest BCUT2D eigenvalue weighted by atomic mass is 10.0. The first-order valence-corrected chi connectivity index (χ1v) is 7.82. The van der Waals surface area contributed by atoms with Crippen LogP contribution in [0, 0.1) is 5.92 Å². The molecule has 1 aromatic carbocycles. The highest BCUT2D eigenvalue weighted by molar-refractivity contribution is 7.86. The predicted molar refractivity (Wildman–Crippen MR) is 77.3 cm³/mol. The van der Waals surface area contributed by atoms with Gasteiger partial charge in [0.2, 0.25) is 0 Å².